The number of likely N-dealkylation sites (tertiary alicyclic amines) is 1. The minimum Gasteiger partial charge on any atom is -0.334 e. The van der Waals surface area contributed by atoms with Gasteiger partial charge in [-0.15, -0.1) is 5.10 Å². The highest BCUT2D eigenvalue weighted by Gasteiger charge is 2.34. The fraction of sp³-hybridized carbons (Fsp3) is 0.550. The van der Waals surface area contributed by atoms with Crippen molar-refractivity contribution < 1.29 is 4.79 Å². The van der Waals surface area contributed by atoms with Crippen molar-refractivity contribution in [3.63, 3.8) is 0 Å². The van der Waals surface area contributed by atoms with Gasteiger partial charge in [-0.05, 0) is 34.1 Å². The van der Waals surface area contributed by atoms with Gasteiger partial charge in [0.2, 0.25) is 0 Å². The Hall–Kier alpha value is -2.17. The molecule has 0 bridgehead atoms. The number of carbonyl (C=O) groups is 1. The molecule has 5 heteroatoms. The van der Waals surface area contributed by atoms with E-state index in [1.54, 1.807) is 6.20 Å². The Morgan fingerprint density at radius 3 is 2.00 bits per heavy atom. The van der Waals surface area contributed by atoms with Crippen LogP contribution in [0.15, 0.2) is 30.6 Å². The summed E-state index contributed by atoms with van der Waals surface area (Å²) in [4.78, 5) is 14.9. The lowest BCUT2D eigenvalue weighted by atomic mass is 9.79. The number of amides is 1. The second-order valence-electron chi connectivity index (χ2n) is 9.05. The molecule has 5 nitrogen and oxygen atoms in total. The van der Waals surface area contributed by atoms with Gasteiger partial charge < -0.3 is 4.90 Å². The lowest BCUT2D eigenvalue weighted by Gasteiger charge is -2.39. The average Bonchev–Trinajstić information content (AvgIpc) is 2.97. The van der Waals surface area contributed by atoms with Crippen molar-refractivity contribution in [2.75, 3.05) is 13.1 Å². The third-order valence-electron chi connectivity index (χ3n) is 4.88. The second kappa shape index (κ2) is 5.97. The SMILES string of the molecule is CC(C)(C)c1cc(C(=O)N2CC(n3ccnn3)C2)cc(C(C)(C)C)c1. The molecule has 25 heavy (non-hydrogen) atoms. The van der Waals surface area contributed by atoms with Crippen LogP contribution in [-0.4, -0.2) is 38.9 Å². The average molecular weight is 340 g/mol. The predicted molar refractivity (Wildman–Crippen MR) is 98.8 cm³/mol. The Labute approximate surface area is 150 Å². The molecular formula is C20H28N4O. The predicted octanol–water partition coefficient (Wildman–Crippen LogP) is 3.57. The standard InChI is InChI=1S/C20H28N4O/c1-19(2,3)15-9-14(10-16(11-15)20(4,5)6)18(25)23-12-17(13-23)24-8-7-21-22-24/h7-11,17H,12-13H2,1-6H3. The summed E-state index contributed by atoms with van der Waals surface area (Å²) in [6, 6.07) is 6.59. The highest BCUT2D eigenvalue weighted by atomic mass is 16.2. The Balaban J connectivity index is 1.85. The lowest BCUT2D eigenvalue weighted by molar-refractivity contribution is 0.0498. The van der Waals surface area contributed by atoms with E-state index in [0.29, 0.717) is 13.1 Å². The van der Waals surface area contributed by atoms with Crippen LogP contribution in [0.4, 0.5) is 0 Å². The molecule has 1 aromatic carbocycles. The van der Waals surface area contributed by atoms with Crippen LogP contribution in [0, 0.1) is 0 Å². The number of rotatable bonds is 2. The molecule has 0 radical (unpaired) electrons. The lowest BCUT2D eigenvalue weighted by Crippen LogP contribution is -2.51. The highest BCUT2D eigenvalue weighted by Crippen LogP contribution is 2.31. The van der Waals surface area contributed by atoms with Gasteiger partial charge in [-0.25, -0.2) is 4.68 Å². The van der Waals surface area contributed by atoms with Crippen molar-refractivity contribution in [1.29, 1.82) is 0 Å². The summed E-state index contributed by atoms with van der Waals surface area (Å²) in [7, 11) is 0. The largest absolute Gasteiger partial charge is 0.334 e. The summed E-state index contributed by atoms with van der Waals surface area (Å²) >= 11 is 0. The molecule has 1 fully saturated rings. The van der Waals surface area contributed by atoms with Gasteiger partial charge in [0, 0.05) is 24.8 Å². The Bertz CT molecular complexity index is 728. The van der Waals surface area contributed by atoms with Gasteiger partial charge in [-0.1, -0.05) is 52.8 Å². The first-order chi connectivity index (χ1) is 11.6. The Kier molecular flexibility index (Phi) is 4.21. The van der Waals surface area contributed by atoms with E-state index in [1.165, 1.54) is 11.1 Å². The molecule has 134 valence electrons. The maximum atomic E-state index is 13.0. The van der Waals surface area contributed by atoms with E-state index in [-0.39, 0.29) is 22.8 Å². The van der Waals surface area contributed by atoms with Crippen LogP contribution >= 0.6 is 0 Å². The first-order valence-corrected chi connectivity index (χ1v) is 8.87. The molecule has 0 saturated carbocycles. The quantitative estimate of drug-likeness (QED) is 0.840. The van der Waals surface area contributed by atoms with E-state index < -0.39 is 0 Å². The normalized spacial score (nSPS) is 16.0. The molecule has 2 aromatic rings. The van der Waals surface area contributed by atoms with E-state index in [2.05, 4.69) is 70.1 Å². The van der Waals surface area contributed by atoms with E-state index in [9.17, 15) is 4.79 Å². The second-order valence-corrected chi connectivity index (χ2v) is 9.05. The third kappa shape index (κ3) is 3.60. The minimum absolute atomic E-state index is 0.00843. The van der Waals surface area contributed by atoms with Gasteiger partial charge in [-0.2, -0.15) is 0 Å². The zero-order valence-corrected chi connectivity index (χ0v) is 16.1. The molecule has 0 atom stereocenters. The van der Waals surface area contributed by atoms with Gasteiger partial charge >= 0.3 is 0 Å². The van der Waals surface area contributed by atoms with E-state index >= 15 is 0 Å². The van der Waals surface area contributed by atoms with Crippen LogP contribution in [-0.2, 0) is 10.8 Å². The zero-order valence-electron chi connectivity index (χ0n) is 16.1. The summed E-state index contributed by atoms with van der Waals surface area (Å²) in [5.41, 5.74) is 3.21. The molecule has 1 aliphatic heterocycles. The molecule has 0 N–H and O–H groups in total. The van der Waals surface area contributed by atoms with Gasteiger partial charge in [0.1, 0.15) is 0 Å². The van der Waals surface area contributed by atoms with Crippen molar-refractivity contribution in [2.45, 2.75) is 58.4 Å². The summed E-state index contributed by atoms with van der Waals surface area (Å²) in [5, 5.41) is 7.87. The number of benzene rings is 1. The number of carbonyl (C=O) groups excluding carboxylic acids is 1. The molecule has 3 rings (SSSR count). The van der Waals surface area contributed by atoms with Crippen LogP contribution in [0.3, 0.4) is 0 Å². The van der Waals surface area contributed by atoms with Gasteiger partial charge in [0.05, 0.1) is 12.2 Å². The molecular weight excluding hydrogens is 312 g/mol. The molecule has 1 aromatic heterocycles. The first-order valence-electron chi connectivity index (χ1n) is 8.87. The van der Waals surface area contributed by atoms with Crippen molar-refractivity contribution >= 4 is 5.91 Å². The van der Waals surface area contributed by atoms with Crippen molar-refractivity contribution in [3.8, 4) is 0 Å². The number of hydrogen-bond donors (Lipinski definition) is 0. The number of nitrogens with zero attached hydrogens (tertiary/aromatic N) is 4. The smallest absolute Gasteiger partial charge is 0.254 e. The summed E-state index contributed by atoms with van der Waals surface area (Å²) in [6.45, 7) is 14.5. The molecule has 1 amide bonds. The number of aromatic nitrogens is 3. The molecule has 1 aliphatic rings. The molecule has 2 heterocycles. The van der Waals surface area contributed by atoms with Crippen LogP contribution < -0.4 is 0 Å². The summed E-state index contributed by atoms with van der Waals surface area (Å²) in [6.07, 6.45) is 3.53. The van der Waals surface area contributed by atoms with Gasteiger partial charge in [-0.3, -0.25) is 4.79 Å². The van der Waals surface area contributed by atoms with Crippen molar-refractivity contribution in [3.05, 3.63) is 47.3 Å². The third-order valence-corrected chi connectivity index (χ3v) is 4.88. The Morgan fingerprint density at radius 1 is 1.00 bits per heavy atom. The minimum atomic E-state index is 0.00843. The zero-order chi connectivity index (χ0) is 18.4. The van der Waals surface area contributed by atoms with Gasteiger partial charge in [0.15, 0.2) is 0 Å². The van der Waals surface area contributed by atoms with E-state index in [1.807, 2.05) is 15.8 Å². The summed E-state index contributed by atoms with van der Waals surface area (Å²) < 4.78 is 1.83. The van der Waals surface area contributed by atoms with E-state index in [0.717, 1.165) is 5.56 Å². The summed E-state index contributed by atoms with van der Waals surface area (Å²) in [5.74, 6) is 0.105. The highest BCUT2D eigenvalue weighted by molar-refractivity contribution is 5.95. The van der Waals surface area contributed by atoms with Crippen LogP contribution in [0.1, 0.15) is 69.1 Å². The van der Waals surface area contributed by atoms with Crippen LogP contribution in [0.2, 0.25) is 0 Å². The fourth-order valence-electron chi connectivity index (χ4n) is 3.00. The first kappa shape index (κ1) is 17.6. The number of hydrogen-bond acceptors (Lipinski definition) is 3. The topological polar surface area (TPSA) is 51.0 Å². The van der Waals surface area contributed by atoms with Crippen molar-refractivity contribution in [1.82, 2.24) is 19.9 Å². The van der Waals surface area contributed by atoms with Gasteiger partial charge in [0.25, 0.3) is 5.91 Å². The van der Waals surface area contributed by atoms with Crippen LogP contribution in [0.25, 0.3) is 0 Å². The van der Waals surface area contributed by atoms with Crippen molar-refractivity contribution in [2.24, 2.45) is 0 Å². The van der Waals surface area contributed by atoms with Crippen LogP contribution in [0.5, 0.6) is 0 Å². The molecule has 0 spiro atoms. The Morgan fingerprint density at radius 2 is 1.56 bits per heavy atom. The maximum absolute atomic E-state index is 13.0. The molecule has 0 unspecified atom stereocenters. The maximum Gasteiger partial charge on any atom is 0.254 e. The fourth-order valence-corrected chi connectivity index (χ4v) is 3.00. The molecule has 1 saturated heterocycles. The monoisotopic (exact) mass is 340 g/mol. The molecule has 0 aliphatic carbocycles. The van der Waals surface area contributed by atoms with E-state index in [4.69, 9.17) is 0 Å².